The minimum Gasteiger partial charge on any atom is -0.300 e. The van der Waals surface area contributed by atoms with E-state index in [1.807, 2.05) is 6.20 Å². The van der Waals surface area contributed by atoms with E-state index in [-0.39, 0.29) is 0 Å². The van der Waals surface area contributed by atoms with Gasteiger partial charge >= 0.3 is 0 Å². The van der Waals surface area contributed by atoms with Crippen LogP contribution in [0, 0.1) is 0 Å². The molecule has 1 aromatic rings. The van der Waals surface area contributed by atoms with Crippen molar-refractivity contribution in [2.24, 2.45) is 0 Å². The molecule has 1 aliphatic heterocycles. The number of likely N-dealkylation sites (N-methyl/N-ethyl adjacent to an activating group) is 1. The lowest BCUT2D eigenvalue weighted by molar-refractivity contribution is 0.614. The zero-order chi connectivity index (χ0) is 9.26. The monoisotopic (exact) mass is 259 g/mol. The molecule has 0 N–H and O–H groups in total. The van der Waals surface area contributed by atoms with E-state index in [2.05, 4.69) is 42.6 Å². The molecule has 1 aliphatic rings. The Morgan fingerprint density at radius 1 is 1.46 bits per heavy atom. The summed E-state index contributed by atoms with van der Waals surface area (Å²) in [7, 11) is 2.09. The molecular formula is C8H10BrN3S. The summed E-state index contributed by atoms with van der Waals surface area (Å²) in [5, 5.41) is 0. The first-order valence-corrected chi connectivity index (χ1v) is 5.55. The number of rotatable bonds is 1. The Labute approximate surface area is 90.5 Å². The van der Waals surface area contributed by atoms with Crippen LogP contribution < -0.4 is 4.31 Å². The number of aromatic nitrogens is 1. The highest BCUT2D eigenvalue weighted by Crippen LogP contribution is 2.29. The number of halogens is 1. The first kappa shape index (κ1) is 9.30. The lowest BCUT2D eigenvalue weighted by atomic mass is 10.4. The highest BCUT2D eigenvalue weighted by molar-refractivity contribution is 9.10. The largest absolute Gasteiger partial charge is 0.300 e. The van der Waals surface area contributed by atoms with Gasteiger partial charge in [0.25, 0.3) is 0 Å². The van der Waals surface area contributed by atoms with Crippen molar-refractivity contribution in [1.29, 1.82) is 0 Å². The molecule has 5 heteroatoms. The van der Waals surface area contributed by atoms with E-state index in [0.717, 1.165) is 23.2 Å². The summed E-state index contributed by atoms with van der Waals surface area (Å²) in [6.07, 6.45) is 3.69. The fourth-order valence-electron chi connectivity index (χ4n) is 1.19. The molecule has 2 rings (SSSR count). The number of anilines is 1. The predicted octanol–water partition coefficient (Wildman–Crippen LogP) is 2.16. The molecule has 0 saturated carbocycles. The average molecular weight is 260 g/mol. The van der Waals surface area contributed by atoms with Gasteiger partial charge in [-0.05, 0) is 29.0 Å². The van der Waals surface area contributed by atoms with E-state index >= 15 is 0 Å². The van der Waals surface area contributed by atoms with Crippen molar-refractivity contribution in [3.05, 3.63) is 22.9 Å². The summed E-state index contributed by atoms with van der Waals surface area (Å²) >= 11 is 5.15. The standard InChI is InChI=1S/C8H10BrN3S/c1-11-2-3-12(13-11)8-4-7(9)5-10-6-8/h4-6H,2-3H2,1H3. The Kier molecular flexibility index (Phi) is 2.76. The topological polar surface area (TPSA) is 19.4 Å². The normalized spacial score (nSPS) is 18.2. The number of nitrogens with zero attached hydrogens (tertiary/aromatic N) is 3. The van der Waals surface area contributed by atoms with Gasteiger partial charge in [0, 0.05) is 35.9 Å². The van der Waals surface area contributed by atoms with Gasteiger partial charge in [0.05, 0.1) is 11.9 Å². The molecular weight excluding hydrogens is 250 g/mol. The van der Waals surface area contributed by atoms with Gasteiger partial charge in [0.15, 0.2) is 0 Å². The van der Waals surface area contributed by atoms with E-state index in [4.69, 9.17) is 0 Å². The zero-order valence-corrected chi connectivity index (χ0v) is 9.68. The molecule has 0 aliphatic carbocycles. The minimum absolute atomic E-state index is 1.03. The van der Waals surface area contributed by atoms with Crippen molar-refractivity contribution >= 4 is 33.8 Å². The van der Waals surface area contributed by atoms with Gasteiger partial charge in [0.2, 0.25) is 0 Å². The van der Waals surface area contributed by atoms with Crippen LogP contribution in [0.3, 0.4) is 0 Å². The van der Waals surface area contributed by atoms with Crippen LogP contribution in [0.15, 0.2) is 22.9 Å². The van der Waals surface area contributed by atoms with E-state index < -0.39 is 0 Å². The molecule has 0 aromatic carbocycles. The summed E-state index contributed by atoms with van der Waals surface area (Å²) < 4.78 is 5.47. The van der Waals surface area contributed by atoms with E-state index in [1.165, 1.54) is 0 Å². The van der Waals surface area contributed by atoms with Crippen molar-refractivity contribution in [1.82, 2.24) is 9.29 Å². The SMILES string of the molecule is CN1CCN(c2cncc(Br)c2)S1. The summed E-state index contributed by atoms with van der Waals surface area (Å²) in [6.45, 7) is 2.15. The molecule has 13 heavy (non-hydrogen) atoms. The molecule has 0 radical (unpaired) electrons. The Morgan fingerprint density at radius 2 is 2.31 bits per heavy atom. The molecule has 3 nitrogen and oxygen atoms in total. The predicted molar refractivity (Wildman–Crippen MR) is 59.5 cm³/mol. The first-order chi connectivity index (χ1) is 6.25. The first-order valence-electron chi connectivity index (χ1n) is 4.03. The molecule has 70 valence electrons. The van der Waals surface area contributed by atoms with Crippen molar-refractivity contribution in [3.8, 4) is 0 Å². The van der Waals surface area contributed by atoms with E-state index in [1.54, 1.807) is 18.3 Å². The van der Waals surface area contributed by atoms with Gasteiger partial charge < -0.3 is 4.31 Å². The second-order valence-corrected chi connectivity index (χ2v) is 5.04. The van der Waals surface area contributed by atoms with Gasteiger partial charge in [-0.15, -0.1) is 0 Å². The van der Waals surface area contributed by atoms with Gasteiger partial charge in [0.1, 0.15) is 0 Å². The number of pyridine rings is 1. The van der Waals surface area contributed by atoms with E-state index in [9.17, 15) is 0 Å². The second-order valence-electron chi connectivity index (χ2n) is 2.90. The van der Waals surface area contributed by atoms with Crippen LogP contribution in [0.5, 0.6) is 0 Å². The molecule has 0 amide bonds. The Hall–Kier alpha value is -0.260. The molecule has 1 aromatic heterocycles. The molecule has 0 spiro atoms. The van der Waals surface area contributed by atoms with Crippen molar-refractivity contribution < 1.29 is 0 Å². The maximum Gasteiger partial charge on any atom is 0.0677 e. The van der Waals surface area contributed by atoms with E-state index in [0.29, 0.717) is 0 Å². The van der Waals surface area contributed by atoms with Crippen LogP contribution in [0.25, 0.3) is 0 Å². The number of hydrogen-bond donors (Lipinski definition) is 0. The lowest BCUT2D eigenvalue weighted by Gasteiger charge is -2.15. The highest BCUT2D eigenvalue weighted by Gasteiger charge is 2.18. The quantitative estimate of drug-likeness (QED) is 0.720. The Bertz CT molecular complexity index is 307. The van der Waals surface area contributed by atoms with Crippen LogP contribution in [0.2, 0.25) is 0 Å². The van der Waals surface area contributed by atoms with Gasteiger partial charge in [-0.2, -0.15) is 0 Å². The molecule has 0 unspecified atom stereocenters. The lowest BCUT2D eigenvalue weighted by Crippen LogP contribution is -2.10. The third kappa shape index (κ3) is 2.15. The highest BCUT2D eigenvalue weighted by atomic mass is 79.9. The van der Waals surface area contributed by atoms with Gasteiger partial charge in [-0.25, -0.2) is 4.31 Å². The zero-order valence-electron chi connectivity index (χ0n) is 7.27. The maximum absolute atomic E-state index is 4.13. The molecule has 1 saturated heterocycles. The van der Waals surface area contributed by atoms with Crippen LogP contribution in [0.1, 0.15) is 0 Å². The summed E-state index contributed by atoms with van der Waals surface area (Å²) in [4.78, 5) is 4.13. The smallest absolute Gasteiger partial charge is 0.0677 e. The molecule has 1 fully saturated rings. The third-order valence-electron chi connectivity index (χ3n) is 1.83. The fraction of sp³-hybridized carbons (Fsp3) is 0.375. The van der Waals surface area contributed by atoms with Crippen LogP contribution in [-0.4, -0.2) is 29.4 Å². The molecule has 0 bridgehead atoms. The second kappa shape index (κ2) is 3.86. The summed E-state index contributed by atoms with van der Waals surface area (Å²) in [5.41, 5.74) is 1.16. The molecule has 0 atom stereocenters. The van der Waals surface area contributed by atoms with Crippen molar-refractivity contribution in [2.75, 3.05) is 24.4 Å². The fourth-order valence-corrected chi connectivity index (χ4v) is 2.40. The van der Waals surface area contributed by atoms with Crippen LogP contribution in [0.4, 0.5) is 5.69 Å². The minimum atomic E-state index is 1.03. The molecule has 2 heterocycles. The summed E-state index contributed by atoms with van der Waals surface area (Å²) in [6, 6.07) is 2.08. The van der Waals surface area contributed by atoms with Crippen molar-refractivity contribution in [2.45, 2.75) is 0 Å². The van der Waals surface area contributed by atoms with Crippen molar-refractivity contribution in [3.63, 3.8) is 0 Å². The third-order valence-corrected chi connectivity index (χ3v) is 3.32. The van der Waals surface area contributed by atoms with Crippen LogP contribution in [-0.2, 0) is 0 Å². The Morgan fingerprint density at radius 3 is 2.92 bits per heavy atom. The maximum atomic E-state index is 4.13. The number of hydrogen-bond acceptors (Lipinski definition) is 4. The van der Waals surface area contributed by atoms with Gasteiger partial charge in [-0.3, -0.25) is 4.98 Å². The summed E-state index contributed by atoms with van der Waals surface area (Å²) in [5.74, 6) is 0. The Balaban J connectivity index is 2.16. The van der Waals surface area contributed by atoms with Crippen LogP contribution >= 0.6 is 28.1 Å². The average Bonchev–Trinajstić information content (AvgIpc) is 2.52. The van der Waals surface area contributed by atoms with Gasteiger partial charge in [-0.1, -0.05) is 0 Å².